The zero-order valence-corrected chi connectivity index (χ0v) is 13.7. The molecule has 0 atom stereocenters. The van der Waals surface area contributed by atoms with E-state index >= 15 is 0 Å². The van der Waals surface area contributed by atoms with Crippen LogP contribution in [0.15, 0.2) is 11.3 Å². The second-order valence-corrected chi connectivity index (χ2v) is 7.28. The van der Waals surface area contributed by atoms with Gasteiger partial charge in [0, 0.05) is 34.4 Å². The van der Waals surface area contributed by atoms with E-state index in [1.165, 1.54) is 5.56 Å². The molecule has 2 aliphatic rings. The molecule has 0 unspecified atom stereocenters. The SMILES string of the molecule is CCC1(CC)C2=C(CC(C)(C)CC2=O)Nc2n[nH]c(C)c21. The predicted molar refractivity (Wildman–Crippen MR) is 84.3 cm³/mol. The second-order valence-electron chi connectivity index (χ2n) is 7.28. The molecule has 0 bridgehead atoms. The molecular formula is C17H25N3O. The zero-order chi connectivity index (χ0) is 15.4. The van der Waals surface area contributed by atoms with Crippen molar-refractivity contribution in [1.29, 1.82) is 0 Å². The van der Waals surface area contributed by atoms with Gasteiger partial charge in [-0.15, -0.1) is 0 Å². The number of fused-ring (bicyclic) bond motifs is 1. The largest absolute Gasteiger partial charge is 0.342 e. The van der Waals surface area contributed by atoms with Gasteiger partial charge in [-0.25, -0.2) is 0 Å². The van der Waals surface area contributed by atoms with Gasteiger partial charge in [0.1, 0.15) is 0 Å². The molecule has 0 saturated carbocycles. The number of nitrogens with zero attached hydrogens (tertiary/aromatic N) is 1. The highest BCUT2D eigenvalue weighted by molar-refractivity contribution is 6.02. The molecule has 4 heteroatoms. The van der Waals surface area contributed by atoms with Crippen LogP contribution >= 0.6 is 0 Å². The van der Waals surface area contributed by atoms with Crippen molar-refractivity contribution in [2.75, 3.05) is 5.32 Å². The van der Waals surface area contributed by atoms with Crippen molar-refractivity contribution in [2.24, 2.45) is 5.41 Å². The first-order valence-electron chi connectivity index (χ1n) is 7.94. The fourth-order valence-corrected chi connectivity index (χ4v) is 4.31. The van der Waals surface area contributed by atoms with Gasteiger partial charge in [0.15, 0.2) is 11.6 Å². The molecule has 0 radical (unpaired) electrons. The smallest absolute Gasteiger partial charge is 0.162 e. The molecule has 21 heavy (non-hydrogen) atoms. The molecule has 1 aromatic rings. The van der Waals surface area contributed by atoms with Crippen LogP contribution in [0.5, 0.6) is 0 Å². The van der Waals surface area contributed by atoms with E-state index < -0.39 is 0 Å². The third-order valence-corrected chi connectivity index (χ3v) is 5.26. The van der Waals surface area contributed by atoms with Gasteiger partial charge in [0.2, 0.25) is 0 Å². The van der Waals surface area contributed by atoms with Gasteiger partial charge in [0.05, 0.1) is 0 Å². The molecule has 1 aliphatic heterocycles. The summed E-state index contributed by atoms with van der Waals surface area (Å²) in [5.41, 5.74) is 4.23. The van der Waals surface area contributed by atoms with E-state index in [4.69, 9.17) is 0 Å². The molecule has 0 amide bonds. The first-order valence-corrected chi connectivity index (χ1v) is 7.94. The van der Waals surface area contributed by atoms with Crippen molar-refractivity contribution in [3.63, 3.8) is 0 Å². The highest BCUT2D eigenvalue weighted by atomic mass is 16.1. The summed E-state index contributed by atoms with van der Waals surface area (Å²) in [6.07, 6.45) is 3.43. The number of ketones is 1. The molecule has 0 aromatic carbocycles. The van der Waals surface area contributed by atoms with Crippen LogP contribution < -0.4 is 5.32 Å². The highest BCUT2D eigenvalue weighted by Gasteiger charge is 2.48. The van der Waals surface area contributed by atoms with Crippen molar-refractivity contribution in [3.05, 3.63) is 22.5 Å². The fraction of sp³-hybridized carbons (Fsp3) is 0.647. The number of aromatic nitrogens is 2. The van der Waals surface area contributed by atoms with E-state index in [0.29, 0.717) is 12.2 Å². The number of carbonyl (C=O) groups is 1. The van der Waals surface area contributed by atoms with Crippen LogP contribution in [0, 0.1) is 12.3 Å². The maximum atomic E-state index is 12.9. The summed E-state index contributed by atoms with van der Waals surface area (Å²) < 4.78 is 0. The predicted octanol–water partition coefficient (Wildman–Crippen LogP) is 3.84. The Balaban J connectivity index is 2.25. The summed E-state index contributed by atoms with van der Waals surface area (Å²) in [5, 5.41) is 11.0. The molecule has 1 aliphatic carbocycles. The van der Waals surface area contributed by atoms with Crippen LogP contribution in [0.2, 0.25) is 0 Å². The minimum absolute atomic E-state index is 0.0268. The maximum Gasteiger partial charge on any atom is 0.162 e. The van der Waals surface area contributed by atoms with E-state index in [0.717, 1.165) is 42.0 Å². The Morgan fingerprint density at radius 1 is 1.19 bits per heavy atom. The number of anilines is 1. The number of hydrogen-bond acceptors (Lipinski definition) is 3. The van der Waals surface area contributed by atoms with Crippen LogP contribution in [0.25, 0.3) is 0 Å². The van der Waals surface area contributed by atoms with Gasteiger partial charge in [-0.3, -0.25) is 9.89 Å². The first-order chi connectivity index (χ1) is 9.84. The Labute approximate surface area is 126 Å². The van der Waals surface area contributed by atoms with E-state index in [1.54, 1.807) is 0 Å². The summed E-state index contributed by atoms with van der Waals surface area (Å²) in [6, 6.07) is 0. The zero-order valence-electron chi connectivity index (χ0n) is 13.7. The summed E-state index contributed by atoms with van der Waals surface area (Å²) >= 11 is 0. The molecule has 3 rings (SSSR count). The lowest BCUT2D eigenvalue weighted by molar-refractivity contribution is -0.119. The average Bonchev–Trinajstić information content (AvgIpc) is 2.77. The molecule has 2 N–H and O–H groups in total. The average molecular weight is 287 g/mol. The van der Waals surface area contributed by atoms with Crippen molar-refractivity contribution in [1.82, 2.24) is 10.2 Å². The highest BCUT2D eigenvalue weighted by Crippen LogP contribution is 2.52. The van der Waals surface area contributed by atoms with Crippen LogP contribution in [-0.2, 0) is 10.2 Å². The Morgan fingerprint density at radius 3 is 2.48 bits per heavy atom. The Bertz CT molecular complexity index is 632. The lowest BCUT2D eigenvalue weighted by Gasteiger charge is -2.44. The van der Waals surface area contributed by atoms with E-state index in [2.05, 4.69) is 50.1 Å². The lowest BCUT2D eigenvalue weighted by atomic mass is 9.61. The lowest BCUT2D eigenvalue weighted by Crippen LogP contribution is -2.42. The van der Waals surface area contributed by atoms with Gasteiger partial charge >= 0.3 is 0 Å². The van der Waals surface area contributed by atoms with Gasteiger partial charge < -0.3 is 5.32 Å². The van der Waals surface area contributed by atoms with Crippen molar-refractivity contribution in [2.45, 2.75) is 65.7 Å². The number of allylic oxidation sites excluding steroid dienone is 2. The third-order valence-electron chi connectivity index (χ3n) is 5.26. The molecule has 1 aromatic heterocycles. The molecule has 0 saturated heterocycles. The number of aromatic amines is 1. The Morgan fingerprint density at radius 2 is 1.86 bits per heavy atom. The minimum Gasteiger partial charge on any atom is -0.342 e. The molecule has 0 fully saturated rings. The van der Waals surface area contributed by atoms with E-state index in [-0.39, 0.29) is 10.8 Å². The van der Waals surface area contributed by atoms with Gasteiger partial charge in [-0.1, -0.05) is 27.7 Å². The standard InChI is InChI=1S/C17H25N3O/c1-6-17(7-2)13-10(3)19-20-15(13)18-11-8-16(4,5)9-12(21)14(11)17/h6-9H2,1-5H3,(H2,18,19,20). The van der Waals surface area contributed by atoms with Gasteiger partial charge in [-0.05, 0) is 31.6 Å². The van der Waals surface area contributed by atoms with E-state index in [9.17, 15) is 4.79 Å². The van der Waals surface area contributed by atoms with Gasteiger partial charge in [0.25, 0.3) is 0 Å². The fourth-order valence-electron chi connectivity index (χ4n) is 4.31. The molecular weight excluding hydrogens is 262 g/mol. The minimum atomic E-state index is -0.180. The van der Waals surface area contributed by atoms with Crippen LogP contribution in [0.4, 0.5) is 5.82 Å². The molecule has 0 spiro atoms. The van der Waals surface area contributed by atoms with Crippen LogP contribution in [0.3, 0.4) is 0 Å². The first kappa shape index (κ1) is 14.4. The molecule has 114 valence electrons. The number of nitrogens with one attached hydrogen (secondary N) is 2. The number of hydrogen-bond donors (Lipinski definition) is 2. The number of rotatable bonds is 2. The monoisotopic (exact) mass is 287 g/mol. The summed E-state index contributed by atoms with van der Waals surface area (Å²) in [5.74, 6) is 1.23. The number of aryl methyl sites for hydroxylation is 1. The van der Waals surface area contributed by atoms with Crippen molar-refractivity contribution in [3.8, 4) is 0 Å². The Kier molecular flexibility index (Phi) is 3.05. The number of Topliss-reactive ketones (excluding diaryl/α,β-unsaturated/α-hetero) is 1. The van der Waals surface area contributed by atoms with Crippen molar-refractivity contribution >= 4 is 11.6 Å². The van der Waals surface area contributed by atoms with Crippen molar-refractivity contribution < 1.29 is 4.79 Å². The van der Waals surface area contributed by atoms with Crippen LogP contribution in [-0.4, -0.2) is 16.0 Å². The summed E-state index contributed by atoms with van der Waals surface area (Å²) in [6.45, 7) is 10.8. The van der Waals surface area contributed by atoms with Gasteiger partial charge in [-0.2, -0.15) is 5.10 Å². The number of H-pyrrole nitrogens is 1. The Hall–Kier alpha value is -1.58. The maximum absolute atomic E-state index is 12.9. The topological polar surface area (TPSA) is 57.8 Å². The molecule has 2 heterocycles. The van der Waals surface area contributed by atoms with E-state index in [1.807, 2.05) is 0 Å². The summed E-state index contributed by atoms with van der Waals surface area (Å²) in [7, 11) is 0. The quantitative estimate of drug-likeness (QED) is 0.868. The summed E-state index contributed by atoms with van der Waals surface area (Å²) in [4.78, 5) is 12.9. The number of carbonyl (C=O) groups excluding carboxylic acids is 1. The van der Waals surface area contributed by atoms with Crippen LogP contribution in [0.1, 0.15) is 64.6 Å². The molecule has 4 nitrogen and oxygen atoms in total. The second kappa shape index (κ2) is 4.46. The normalized spacial score (nSPS) is 22.6. The third kappa shape index (κ3) is 1.88.